The number of methoxy groups -OCH3 is 1. The predicted octanol–water partition coefficient (Wildman–Crippen LogP) is 1.05. The lowest BCUT2D eigenvalue weighted by atomic mass is 10.2. The van der Waals surface area contributed by atoms with Crippen LogP contribution < -0.4 is 10.1 Å². The van der Waals surface area contributed by atoms with Crippen LogP contribution in [0.3, 0.4) is 0 Å². The molecule has 0 aromatic heterocycles. The van der Waals surface area contributed by atoms with E-state index in [1.807, 2.05) is 12.1 Å². The van der Waals surface area contributed by atoms with Gasteiger partial charge in [0.25, 0.3) is 11.8 Å². The van der Waals surface area contributed by atoms with Gasteiger partial charge in [-0.15, -0.1) is 0 Å². The van der Waals surface area contributed by atoms with Crippen molar-refractivity contribution in [1.29, 1.82) is 0 Å². The van der Waals surface area contributed by atoms with E-state index in [4.69, 9.17) is 4.74 Å². The molecule has 0 bridgehead atoms. The van der Waals surface area contributed by atoms with Gasteiger partial charge in [-0.2, -0.15) is 0 Å². The number of rotatable bonds is 3. The molecule has 1 unspecified atom stereocenters. The highest BCUT2D eigenvalue weighted by molar-refractivity contribution is 5.97. The number of nitrogens with zero attached hydrogens (tertiary/aromatic N) is 1. The maximum atomic E-state index is 12.5. The summed E-state index contributed by atoms with van der Waals surface area (Å²) in [7, 11) is 1.54. The van der Waals surface area contributed by atoms with Crippen LogP contribution in [0.2, 0.25) is 0 Å². The Balaban J connectivity index is 2.02. The number of likely N-dealkylation sites (tertiary alicyclic amines) is 1. The van der Waals surface area contributed by atoms with Crippen molar-refractivity contribution in [3.63, 3.8) is 0 Å². The van der Waals surface area contributed by atoms with Gasteiger partial charge in [0.05, 0.1) is 12.7 Å². The van der Waals surface area contributed by atoms with E-state index in [1.165, 1.54) is 0 Å². The van der Waals surface area contributed by atoms with Gasteiger partial charge in [-0.05, 0) is 31.4 Å². The van der Waals surface area contributed by atoms with Crippen molar-refractivity contribution >= 4 is 11.8 Å². The van der Waals surface area contributed by atoms with Crippen molar-refractivity contribution in [1.82, 2.24) is 10.2 Å². The topological polar surface area (TPSA) is 58.6 Å². The SMILES string of the molecule is CC#CC(=O)NC1CCN(C(=O)c2ccccc2OC)C1. The summed E-state index contributed by atoms with van der Waals surface area (Å²) in [5, 5.41) is 2.81. The highest BCUT2D eigenvalue weighted by Gasteiger charge is 2.28. The summed E-state index contributed by atoms with van der Waals surface area (Å²) in [6.45, 7) is 2.72. The van der Waals surface area contributed by atoms with Crippen LogP contribution >= 0.6 is 0 Å². The maximum absolute atomic E-state index is 12.5. The number of para-hydroxylation sites is 1. The van der Waals surface area contributed by atoms with Crippen molar-refractivity contribution in [2.45, 2.75) is 19.4 Å². The molecule has 1 aromatic carbocycles. The third kappa shape index (κ3) is 3.54. The number of amides is 2. The van der Waals surface area contributed by atoms with Crippen molar-refractivity contribution in [2.24, 2.45) is 0 Å². The normalized spacial score (nSPS) is 16.9. The highest BCUT2D eigenvalue weighted by atomic mass is 16.5. The van der Waals surface area contributed by atoms with E-state index >= 15 is 0 Å². The Labute approximate surface area is 124 Å². The molecule has 1 heterocycles. The van der Waals surface area contributed by atoms with Gasteiger partial charge in [0.15, 0.2) is 0 Å². The molecule has 2 amide bonds. The minimum absolute atomic E-state index is 0.0444. The maximum Gasteiger partial charge on any atom is 0.296 e. The molecule has 1 saturated heterocycles. The molecule has 0 saturated carbocycles. The number of carbonyl (C=O) groups is 2. The Morgan fingerprint density at radius 3 is 2.86 bits per heavy atom. The van der Waals surface area contributed by atoms with Gasteiger partial charge >= 0.3 is 0 Å². The molecule has 0 spiro atoms. The third-order valence-electron chi connectivity index (χ3n) is 3.39. The average molecular weight is 286 g/mol. The molecular weight excluding hydrogens is 268 g/mol. The first kappa shape index (κ1) is 14.9. The Kier molecular flexibility index (Phi) is 4.83. The second kappa shape index (κ2) is 6.80. The first-order valence-electron chi connectivity index (χ1n) is 6.81. The molecule has 1 atom stereocenters. The summed E-state index contributed by atoms with van der Waals surface area (Å²) in [4.78, 5) is 25.7. The summed E-state index contributed by atoms with van der Waals surface area (Å²) in [6, 6.07) is 7.10. The molecule has 5 nitrogen and oxygen atoms in total. The third-order valence-corrected chi connectivity index (χ3v) is 3.39. The fourth-order valence-corrected chi connectivity index (χ4v) is 2.39. The summed E-state index contributed by atoms with van der Waals surface area (Å²) >= 11 is 0. The molecule has 5 heteroatoms. The summed E-state index contributed by atoms with van der Waals surface area (Å²) < 4.78 is 5.21. The van der Waals surface area contributed by atoms with E-state index in [-0.39, 0.29) is 17.9 Å². The van der Waals surface area contributed by atoms with E-state index in [2.05, 4.69) is 17.2 Å². The number of carbonyl (C=O) groups excluding carboxylic acids is 2. The summed E-state index contributed by atoms with van der Waals surface area (Å²) in [6.07, 6.45) is 0.734. The van der Waals surface area contributed by atoms with E-state index < -0.39 is 0 Å². The van der Waals surface area contributed by atoms with E-state index in [0.29, 0.717) is 24.4 Å². The number of benzene rings is 1. The molecular formula is C16H18N2O3. The molecule has 1 fully saturated rings. The Bertz CT molecular complexity index is 601. The molecule has 1 aliphatic heterocycles. The lowest BCUT2D eigenvalue weighted by Crippen LogP contribution is -2.38. The number of nitrogens with one attached hydrogen (secondary N) is 1. The van der Waals surface area contributed by atoms with Gasteiger partial charge < -0.3 is 15.0 Å². The zero-order valence-corrected chi connectivity index (χ0v) is 12.2. The van der Waals surface area contributed by atoms with Crippen LogP contribution in [-0.2, 0) is 4.79 Å². The first-order valence-corrected chi connectivity index (χ1v) is 6.81. The Morgan fingerprint density at radius 2 is 2.14 bits per heavy atom. The smallest absolute Gasteiger partial charge is 0.296 e. The molecule has 21 heavy (non-hydrogen) atoms. The second-order valence-corrected chi connectivity index (χ2v) is 4.79. The minimum atomic E-state index is -0.297. The zero-order valence-electron chi connectivity index (χ0n) is 12.2. The summed E-state index contributed by atoms with van der Waals surface area (Å²) in [5.74, 6) is 5.19. The van der Waals surface area contributed by atoms with Crippen molar-refractivity contribution in [2.75, 3.05) is 20.2 Å². The van der Waals surface area contributed by atoms with Crippen LogP contribution in [-0.4, -0.2) is 43.0 Å². The largest absolute Gasteiger partial charge is 0.496 e. The van der Waals surface area contributed by atoms with Crippen LogP contribution in [0.15, 0.2) is 24.3 Å². The number of ether oxygens (including phenoxy) is 1. The second-order valence-electron chi connectivity index (χ2n) is 4.79. The molecule has 2 rings (SSSR count). The summed E-state index contributed by atoms with van der Waals surface area (Å²) in [5.41, 5.74) is 0.542. The molecule has 0 aliphatic carbocycles. The Morgan fingerprint density at radius 1 is 1.38 bits per heavy atom. The minimum Gasteiger partial charge on any atom is -0.496 e. The van der Waals surface area contributed by atoms with Gasteiger partial charge in [-0.1, -0.05) is 18.1 Å². The van der Waals surface area contributed by atoms with Gasteiger partial charge in [0, 0.05) is 19.1 Å². The fourth-order valence-electron chi connectivity index (χ4n) is 2.39. The van der Waals surface area contributed by atoms with Crippen LogP contribution in [0.5, 0.6) is 5.75 Å². The van der Waals surface area contributed by atoms with Gasteiger partial charge in [-0.25, -0.2) is 0 Å². The predicted molar refractivity (Wildman–Crippen MR) is 78.9 cm³/mol. The lowest BCUT2D eigenvalue weighted by molar-refractivity contribution is -0.116. The Hall–Kier alpha value is -2.48. The standard InChI is InChI=1S/C16H18N2O3/c1-3-6-15(19)17-12-9-10-18(11-12)16(20)13-7-4-5-8-14(13)21-2/h4-5,7-8,12H,9-11H2,1-2H3,(H,17,19). The van der Waals surface area contributed by atoms with Crippen LogP contribution in [0.25, 0.3) is 0 Å². The molecule has 1 N–H and O–H groups in total. The van der Waals surface area contributed by atoms with Crippen LogP contribution in [0.1, 0.15) is 23.7 Å². The van der Waals surface area contributed by atoms with Crippen molar-refractivity contribution in [3.8, 4) is 17.6 Å². The number of hydrogen-bond acceptors (Lipinski definition) is 3. The lowest BCUT2D eigenvalue weighted by Gasteiger charge is -2.18. The van der Waals surface area contributed by atoms with E-state index in [1.54, 1.807) is 31.1 Å². The van der Waals surface area contributed by atoms with Crippen LogP contribution in [0.4, 0.5) is 0 Å². The van der Waals surface area contributed by atoms with Gasteiger partial charge in [0.1, 0.15) is 5.75 Å². The van der Waals surface area contributed by atoms with Crippen molar-refractivity contribution in [3.05, 3.63) is 29.8 Å². The van der Waals surface area contributed by atoms with E-state index in [9.17, 15) is 9.59 Å². The van der Waals surface area contributed by atoms with Gasteiger partial charge in [0.2, 0.25) is 0 Å². The average Bonchev–Trinajstić information content (AvgIpc) is 2.95. The van der Waals surface area contributed by atoms with Gasteiger partial charge in [-0.3, -0.25) is 9.59 Å². The molecule has 110 valence electrons. The molecule has 0 radical (unpaired) electrons. The van der Waals surface area contributed by atoms with E-state index in [0.717, 1.165) is 6.42 Å². The quantitative estimate of drug-likeness (QED) is 0.845. The monoisotopic (exact) mass is 286 g/mol. The van der Waals surface area contributed by atoms with Crippen molar-refractivity contribution < 1.29 is 14.3 Å². The van der Waals surface area contributed by atoms with Crippen LogP contribution in [0, 0.1) is 11.8 Å². The molecule has 1 aliphatic rings. The number of hydrogen-bond donors (Lipinski definition) is 1. The fraction of sp³-hybridized carbons (Fsp3) is 0.375. The first-order chi connectivity index (χ1) is 10.2. The highest BCUT2D eigenvalue weighted by Crippen LogP contribution is 2.21. The zero-order chi connectivity index (χ0) is 15.2. The molecule has 1 aromatic rings.